The molecule has 1 aromatic rings. The van der Waals surface area contributed by atoms with Gasteiger partial charge in [0.25, 0.3) is 5.69 Å². The predicted molar refractivity (Wildman–Crippen MR) is 109 cm³/mol. The van der Waals surface area contributed by atoms with Crippen LogP contribution in [0.2, 0.25) is 0 Å². The summed E-state index contributed by atoms with van der Waals surface area (Å²) in [4.78, 5) is 50.5. The molecule has 162 valence electrons. The first-order valence-corrected chi connectivity index (χ1v) is 10.5. The second-order valence-corrected chi connectivity index (χ2v) is 8.10. The molecule has 30 heavy (non-hydrogen) atoms. The minimum Gasteiger partial charge on any atom is -0.368 e. The molecular formula is C21H28N4O5. The van der Waals surface area contributed by atoms with Gasteiger partial charge in [0.1, 0.15) is 18.1 Å². The topological polar surface area (TPSA) is 136 Å². The molecule has 2 aliphatic rings. The number of primary amides is 1. The molecule has 1 saturated heterocycles. The van der Waals surface area contributed by atoms with E-state index in [0.717, 1.165) is 32.1 Å². The molecule has 0 unspecified atom stereocenters. The maximum atomic E-state index is 13.2. The lowest BCUT2D eigenvalue weighted by Crippen LogP contribution is -2.69. The van der Waals surface area contributed by atoms with Gasteiger partial charge in [0.05, 0.1) is 4.92 Å². The number of nitro groups is 1. The number of nitro benzene ring substituents is 1. The number of carbonyl (C=O) groups is 3. The molecule has 3 amide bonds. The third-order valence-electron chi connectivity index (χ3n) is 6.18. The minimum atomic E-state index is -0.994. The van der Waals surface area contributed by atoms with Crippen LogP contribution in [-0.4, -0.2) is 45.7 Å². The Hall–Kier alpha value is -2.97. The van der Waals surface area contributed by atoms with Gasteiger partial charge >= 0.3 is 0 Å². The van der Waals surface area contributed by atoms with Crippen molar-refractivity contribution in [2.24, 2.45) is 11.7 Å². The highest BCUT2D eigenvalue weighted by atomic mass is 16.6. The van der Waals surface area contributed by atoms with E-state index < -0.39 is 29.0 Å². The molecular weight excluding hydrogens is 388 g/mol. The molecule has 2 fully saturated rings. The van der Waals surface area contributed by atoms with Crippen molar-refractivity contribution >= 4 is 23.4 Å². The number of nitrogens with two attached hydrogens (primary N) is 1. The lowest BCUT2D eigenvalue weighted by molar-refractivity contribution is -0.384. The Morgan fingerprint density at radius 1 is 1.23 bits per heavy atom. The Morgan fingerprint density at radius 3 is 2.40 bits per heavy atom. The van der Waals surface area contributed by atoms with Gasteiger partial charge in [-0.25, -0.2) is 0 Å². The van der Waals surface area contributed by atoms with E-state index in [-0.39, 0.29) is 29.8 Å². The molecule has 3 rings (SSSR count). The van der Waals surface area contributed by atoms with Gasteiger partial charge in [0.2, 0.25) is 17.7 Å². The van der Waals surface area contributed by atoms with Crippen molar-refractivity contribution in [2.75, 3.05) is 0 Å². The van der Waals surface area contributed by atoms with Crippen LogP contribution in [0.25, 0.3) is 0 Å². The van der Waals surface area contributed by atoms with Gasteiger partial charge in [0.15, 0.2) is 0 Å². The van der Waals surface area contributed by atoms with Gasteiger partial charge in [-0.05, 0) is 30.7 Å². The average molecular weight is 416 g/mol. The number of hydrogen-bond donors (Lipinski definition) is 2. The van der Waals surface area contributed by atoms with Crippen molar-refractivity contribution in [3.8, 4) is 0 Å². The lowest BCUT2D eigenvalue weighted by atomic mass is 9.80. The van der Waals surface area contributed by atoms with Crippen molar-refractivity contribution in [1.29, 1.82) is 0 Å². The van der Waals surface area contributed by atoms with Gasteiger partial charge in [-0.15, -0.1) is 0 Å². The molecule has 1 heterocycles. The molecule has 0 aromatic heterocycles. The van der Waals surface area contributed by atoms with E-state index in [0.29, 0.717) is 12.0 Å². The van der Waals surface area contributed by atoms with E-state index in [9.17, 15) is 24.5 Å². The van der Waals surface area contributed by atoms with Crippen LogP contribution in [0.3, 0.4) is 0 Å². The fourth-order valence-corrected chi connectivity index (χ4v) is 4.59. The number of carbonyl (C=O) groups excluding carboxylic acids is 3. The smallest absolute Gasteiger partial charge is 0.269 e. The summed E-state index contributed by atoms with van der Waals surface area (Å²) in [5.41, 5.74) is 6.28. The summed E-state index contributed by atoms with van der Waals surface area (Å²) in [5, 5.41) is 13.7. The number of hydrogen-bond acceptors (Lipinski definition) is 5. The van der Waals surface area contributed by atoms with E-state index in [1.807, 2.05) is 0 Å². The van der Waals surface area contributed by atoms with Crippen LogP contribution in [0.4, 0.5) is 5.69 Å². The zero-order valence-corrected chi connectivity index (χ0v) is 17.1. The van der Waals surface area contributed by atoms with Crippen molar-refractivity contribution in [3.63, 3.8) is 0 Å². The SMILES string of the molecule is CC[C@@H]1NC(=O)[C@H](C2CCCCC2)N([C@@H](Cc2ccc([N+](=O)[O-])cc2)C(N)=O)C1=O. The number of nitrogens with zero attached hydrogens (tertiary/aromatic N) is 2. The first-order valence-electron chi connectivity index (χ1n) is 10.5. The number of non-ortho nitro benzene ring substituents is 1. The van der Waals surface area contributed by atoms with Gasteiger partial charge in [0, 0.05) is 18.6 Å². The summed E-state index contributed by atoms with van der Waals surface area (Å²) in [5.74, 6) is -1.23. The van der Waals surface area contributed by atoms with Gasteiger partial charge in [-0.2, -0.15) is 0 Å². The van der Waals surface area contributed by atoms with E-state index in [4.69, 9.17) is 5.73 Å². The van der Waals surface area contributed by atoms with Crippen molar-refractivity contribution in [3.05, 3.63) is 39.9 Å². The number of nitrogens with one attached hydrogen (secondary N) is 1. The lowest BCUT2D eigenvalue weighted by Gasteiger charge is -2.46. The number of piperazine rings is 1. The number of amides is 3. The Balaban J connectivity index is 1.94. The maximum Gasteiger partial charge on any atom is 0.269 e. The molecule has 1 aliphatic carbocycles. The molecule has 1 saturated carbocycles. The summed E-state index contributed by atoms with van der Waals surface area (Å²) < 4.78 is 0. The molecule has 1 aliphatic heterocycles. The monoisotopic (exact) mass is 416 g/mol. The highest BCUT2D eigenvalue weighted by molar-refractivity contribution is 5.99. The fraction of sp³-hybridized carbons (Fsp3) is 0.571. The predicted octanol–water partition coefficient (Wildman–Crippen LogP) is 1.68. The summed E-state index contributed by atoms with van der Waals surface area (Å²) in [6.07, 6.45) is 5.23. The largest absolute Gasteiger partial charge is 0.368 e. The van der Waals surface area contributed by atoms with Gasteiger partial charge in [-0.1, -0.05) is 38.3 Å². The maximum absolute atomic E-state index is 13.2. The van der Waals surface area contributed by atoms with Crippen LogP contribution in [0.5, 0.6) is 0 Å². The summed E-state index contributed by atoms with van der Waals surface area (Å²) in [7, 11) is 0. The van der Waals surface area contributed by atoms with Crippen LogP contribution >= 0.6 is 0 Å². The van der Waals surface area contributed by atoms with Crippen LogP contribution in [0, 0.1) is 16.0 Å². The molecule has 9 heteroatoms. The number of rotatable bonds is 7. The third kappa shape index (κ3) is 4.44. The van der Waals surface area contributed by atoms with Crippen molar-refractivity contribution in [1.82, 2.24) is 10.2 Å². The van der Waals surface area contributed by atoms with E-state index in [1.165, 1.54) is 17.0 Å². The second-order valence-electron chi connectivity index (χ2n) is 8.10. The molecule has 3 atom stereocenters. The van der Waals surface area contributed by atoms with E-state index in [2.05, 4.69) is 5.32 Å². The molecule has 0 radical (unpaired) electrons. The normalized spacial score (nSPS) is 23.7. The molecule has 1 aromatic carbocycles. The van der Waals surface area contributed by atoms with Crippen molar-refractivity contribution < 1.29 is 19.3 Å². The molecule has 3 N–H and O–H groups in total. The van der Waals surface area contributed by atoms with E-state index >= 15 is 0 Å². The Labute approximate surface area is 175 Å². The Bertz CT molecular complexity index is 819. The van der Waals surface area contributed by atoms with E-state index in [1.54, 1.807) is 19.1 Å². The second kappa shape index (κ2) is 9.23. The van der Waals surface area contributed by atoms with Gasteiger partial charge in [-0.3, -0.25) is 24.5 Å². The van der Waals surface area contributed by atoms with Crippen molar-refractivity contribution in [2.45, 2.75) is 70.0 Å². The first kappa shape index (κ1) is 21.7. The Morgan fingerprint density at radius 2 is 1.87 bits per heavy atom. The average Bonchev–Trinajstić information content (AvgIpc) is 2.74. The third-order valence-corrected chi connectivity index (χ3v) is 6.18. The molecule has 0 bridgehead atoms. The van der Waals surface area contributed by atoms with Crippen LogP contribution < -0.4 is 11.1 Å². The van der Waals surface area contributed by atoms with Crippen LogP contribution in [0.15, 0.2) is 24.3 Å². The highest BCUT2D eigenvalue weighted by Crippen LogP contribution is 2.33. The van der Waals surface area contributed by atoms with Gasteiger partial charge < -0.3 is 16.0 Å². The standard InChI is InChI=1S/C21H28N4O5/c1-2-16-21(28)24(18(20(27)23-16)14-6-4-3-5-7-14)17(19(22)26)12-13-8-10-15(11-9-13)25(29)30/h8-11,14,16-18H,2-7,12H2,1H3,(H2,22,26)(H,23,27)/t16-,17-,18-/m0/s1. The zero-order valence-electron chi connectivity index (χ0n) is 17.1. The summed E-state index contributed by atoms with van der Waals surface area (Å²) in [6, 6.07) is 3.40. The first-order chi connectivity index (χ1) is 14.3. The van der Waals surface area contributed by atoms with Crippen LogP contribution in [-0.2, 0) is 20.8 Å². The summed E-state index contributed by atoms with van der Waals surface area (Å²) in [6.45, 7) is 1.80. The zero-order chi connectivity index (χ0) is 21.8. The van der Waals surface area contributed by atoms with Crippen LogP contribution in [0.1, 0.15) is 51.0 Å². The fourth-order valence-electron chi connectivity index (χ4n) is 4.59. The molecule has 0 spiro atoms. The quantitative estimate of drug-likeness (QED) is 0.515. The highest BCUT2D eigenvalue weighted by Gasteiger charge is 2.48. The minimum absolute atomic E-state index is 0.0146. The number of benzene rings is 1. The summed E-state index contributed by atoms with van der Waals surface area (Å²) >= 11 is 0. The molecule has 9 nitrogen and oxygen atoms in total. The Kier molecular flexibility index (Phi) is 6.69.